The third kappa shape index (κ3) is 2.69. The average molecular weight is 278 g/mol. The van der Waals surface area contributed by atoms with E-state index < -0.39 is 0 Å². The van der Waals surface area contributed by atoms with Gasteiger partial charge in [-0.25, -0.2) is 4.68 Å². The average Bonchev–Trinajstić information content (AvgIpc) is 2.96. The van der Waals surface area contributed by atoms with Crippen molar-refractivity contribution in [3.63, 3.8) is 0 Å². The van der Waals surface area contributed by atoms with Crippen LogP contribution in [-0.4, -0.2) is 44.4 Å². The molecule has 2 heterocycles. The van der Waals surface area contributed by atoms with Crippen LogP contribution < -0.4 is 5.32 Å². The van der Waals surface area contributed by atoms with Gasteiger partial charge >= 0.3 is 0 Å². The summed E-state index contributed by atoms with van der Waals surface area (Å²) < 4.78 is 8.42. The summed E-state index contributed by atoms with van der Waals surface area (Å²) in [5.74, 6) is 0.0904. The van der Waals surface area contributed by atoms with E-state index in [9.17, 15) is 4.79 Å². The van der Waals surface area contributed by atoms with Crippen molar-refractivity contribution in [1.82, 2.24) is 24.8 Å². The Morgan fingerprint density at radius 3 is 2.80 bits per heavy atom. The van der Waals surface area contributed by atoms with Gasteiger partial charge in [-0.05, 0) is 30.3 Å². The molecule has 0 saturated heterocycles. The molecule has 0 aliphatic rings. The molecule has 2 rings (SSSR count). The van der Waals surface area contributed by atoms with Gasteiger partial charge in [-0.1, -0.05) is 5.10 Å². The molecule has 0 aliphatic heterocycles. The van der Waals surface area contributed by atoms with Crippen molar-refractivity contribution in [2.24, 2.45) is 7.05 Å². The van der Waals surface area contributed by atoms with Crippen molar-refractivity contribution in [2.45, 2.75) is 20.4 Å². The number of aromatic nitrogens is 5. The number of rotatable bonds is 5. The summed E-state index contributed by atoms with van der Waals surface area (Å²) in [5, 5.41) is 13.9. The highest BCUT2D eigenvalue weighted by atomic mass is 16.5. The third-order valence-electron chi connectivity index (χ3n) is 3.28. The lowest BCUT2D eigenvalue weighted by atomic mass is 10.2. The first-order valence-electron chi connectivity index (χ1n) is 6.24. The molecule has 0 bridgehead atoms. The molecule has 1 N–H and O–H groups in total. The van der Waals surface area contributed by atoms with Crippen LogP contribution in [0.15, 0.2) is 6.07 Å². The maximum atomic E-state index is 12.3. The van der Waals surface area contributed by atoms with Crippen molar-refractivity contribution in [2.75, 3.05) is 19.0 Å². The lowest BCUT2D eigenvalue weighted by Gasteiger charge is -2.06. The predicted octanol–water partition coefficient (Wildman–Crippen LogP) is 0.527. The molecule has 0 saturated carbocycles. The van der Waals surface area contributed by atoms with Gasteiger partial charge in [0.05, 0.1) is 18.7 Å². The molecule has 0 unspecified atom stereocenters. The Bertz CT molecular complexity index is 615. The van der Waals surface area contributed by atoms with E-state index in [1.54, 1.807) is 7.11 Å². The SMILES string of the molecule is COCCn1nnnc1NC(=O)c1cc(C)n(C)c1C. The number of hydrogen-bond acceptors (Lipinski definition) is 5. The van der Waals surface area contributed by atoms with Gasteiger partial charge in [0.15, 0.2) is 0 Å². The van der Waals surface area contributed by atoms with E-state index >= 15 is 0 Å². The number of hydrogen-bond donors (Lipinski definition) is 1. The summed E-state index contributed by atoms with van der Waals surface area (Å²) in [6.07, 6.45) is 0. The van der Waals surface area contributed by atoms with E-state index in [1.807, 2.05) is 31.5 Å². The molecule has 2 aromatic heterocycles. The molecular weight excluding hydrogens is 260 g/mol. The Morgan fingerprint density at radius 1 is 1.45 bits per heavy atom. The largest absolute Gasteiger partial charge is 0.383 e. The Hall–Kier alpha value is -2.22. The van der Waals surface area contributed by atoms with E-state index in [-0.39, 0.29) is 5.91 Å². The number of anilines is 1. The predicted molar refractivity (Wildman–Crippen MR) is 72.5 cm³/mol. The number of nitrogens with one attached hydrogen (secondary N) is 1. The summed E-state index contributed by atoms with van der Waals surface area (Å²) in [6, 6.07) is 1.84. The molecule has 0 radical (unpaired) electrons. The first-order chi connectivity index (χ1) is 9.54. The van der Waals surface area contributed by atoms with Crippen LogP contribution in [0, 0.1) is 13.8 Å². The molecule has 2 aromatic rings. The summed E-state index contributed by atoms with van der Waals surface area (Å²) in [4.78, 5) is 12.3. The fourth-order valence-corrected chi connectivity index (χ4v) is 1.88. The number of amides is 1. The molecule has 8 heteroatoms. The van der Waals surface area contributed by atoms with Crippen molar-refractivity contribution in [3.05, 3.63) is 23.0 Å². The Morgan fingerprint density at radius 2 is 2.20 bits per heavy atom. The molecule has 20 heavy (non-hydrogen) atoms. The van der Waals surface area contributed by atoms with Gasteiger partial charge < -0.3 is 9.30 Å². The Balaban J connectivity index is 2.15. The van der Waals surface area contributed by atoms with E-state index in [0.717, 1.165) is 11.4 Å². The number of tetrazole rings is 1. The van der Waals surface area contributed by atoms with E-state index in [0.29, 0.717) is 24.7 Å². The molecule has 8 nitrogen and oxygen atoms in total. The summed E-state index contributed by atoms with van der Waals surface area (Å²) >= 11 is 0. The molecule has 0 aliphatic carbocycles. The smallest absolute Gasteiger partial charge is 0.259 e. The van der Waals surface area contributed by atoms with E-state index in [4.69, 9.17) is 4.74 Å². The summed E-state index contributed by atoms with van der Waals surface area (Å²) in [5.41, 5.74) is 2.54. The second-order valence-corrected chi connectivity index (χ2v) is 4.52. The number of carbonyl (C=O) groups is 1. The molecule has 0 spiro atoms. The second kappa shape index (κ2) is 5.83. The maximum absolute atomic E-state index is 12.3. The number of aryl methyl sites for hydroxylation is 1. The second-order valence-electron chi connectivity index (χ2n) is 4.52. The third-order valence-corrected chi connectivity index (χ3v) is 3.28. The molecule has 0 aromatic carbocycles. The van der Waals surface area contributed by atoms with Gasteiger partial charge in [0.2, 0.25) is 5.95 Å². The highest BCUT2D eigenvalue weighted by molar-refractivity contribution is 6.04. The number of carbonyl (C=O) groups excluding carboxylic acids is 1. The van der Waals surface area contributed by atoms with Crippen LogP contribution in [0.2, 0.25) is 0 Å². The minimum Gasteiger partial charge on any atom is -0.383 e. The van der Waals surface area contributed by atoms with Crippen LogP contribution in [0.1, 0.15) is 21.7 Å². The van der Waals surface area contributed by atoms with Crippen LogP contribution in [0.4, 0.5) is 5.95 Å². The first kappa shape index (κ1) is 14.2. The van der Waals surface area contributed by atoms with E-state index in [1.165, 1.54) is 4.68 Å². The summed E-state index contributed by atoms with van der Waals surface area (Å²) in [7, 11) is 3.52. The Kier molecular flexibility index (Phi) is 4.14. The van der Waals surface area contributed by atoms with Crippen LogP contribution in [-0.2, 0) is 18.3 Å². The van der Waals surface area contributed by atoms with Crippen molar-refractivity contribution in [3.8, 4) is 0 Å². The van der Waals surface area contributed by atoms with Crippen LogP contribution >= 0.6 is 0 Å². The lowest BCUT2D eigenvalue weighted by Crippen LogP contribution is -2.18. The zero-order valence-corrected chi connectivity index (χ0v) is 12.0. The topological polar surface area (TPSA) is 86.9 Å². The van der Waals surface area contributed by atoms with Gasteiger partial charge in [-0.3, -0.25) is 10.1 Å². The highest BCUT2D eigenvalue weighted by Gasteiger charge is 2.16. The number of nitrogens with zero attached hydrogens (tertiary/aromatic N) is 5. The minimum atomic E-state index is -0.223. The quantitative estimate of drug-likeness (QED) is 0.862. The first-order valence-corrected chi connectivity index (χ1v) is 6.24. The van der Waals surface area contributed by atoms with Gasteiger partial charge in [0.1, 0.15) is 0 Å². The molecule has 0 fully saturated rings. The van der Waals surface area contributed by atoms with Crippen molar-refractivity contribution in [1.29, 1.82) is 0 Å². The van der Waals surface area contributed by atoms with Gasteiger partial charge in [0.25, 0.3) is 5.91 Å². The molecular formula is C12H18N6O2. The normalized spacial score (nSPS) is 10.8. The molecule has 0 atom stereocenters. The zero-order valence-electron chi connectivity index (χ0n) is 12.0. The van der Waals surface area contributed by atoms with Crippen LogP contribution in [0.25, 0.3) is 0 Å². The zero-order chi connectivity index (χ0) is 14.7. The maximum Gasteiger partial charge on any atom is 0.259 e. The van der Waals surface area contributed by atoms with Crippen LogP contribution in [0.5, 0.6) is 0 Å². The highest BCUT2D eigenvalue weighted by Crippen LogP contribution is 2.14. The van der Waals surface area contributed by atoms with Gasteiger partial charge in [0, 0.05) is 25.5 Å². The standard InChI is InChI=1S/C12H18N6O2/c1-8-7-10(9(2)17(8)3)11(19)13-12-14-15-16-18(12)5-6-20-4/h7H,5-6H2,1-4H3,(H,13,14,16,19). The fourth-order valence-electron chi connectivity index (χ4n) is 1.88. The van der Waals surface area contributed by atoms with Gasteiger partial charge in [-0.15, -0.1) is 0 Å². The van der Waals surface area contributed by atoms with Crippen LogP contribution in [0.3, 0.4) is 0 Å². The number of ether oxygens (including phenoxy) is 1. The number of methoxy groups -OCH3 is 1. The minimum absolute atomic E-state index is 0.223. The lowest BCUT2D eigenvalue weighted by molar-refractivity contribution is 0.102. The molecule has 108 valence electrons. The Labute approximate surface area is 116 Å². The summed E-state index contributed by atoms with van der Waals surface area (Å²) in [6.45, 7) is 4.80. The van der Waals surface area contributed by atoms with Crippen molar-refractivity contribution >= 4 is 11.9 Å². The van der Waals surface area contributed by atoms with E-state index in [2.05, 4.69) is 20.8 Å². The van der Waals surface area contributed by atoms with Crippen molar-refractivity contribution < 1.29 is 9.53 Å². The molecule has 1 amide bonds. The fraction of sp³-hybridized carbons (Fsp3) is 0.500. The van der Waals surface area contributed by atoms with Gasteiger partial charge in [-0.2, -0.15) is 0 Å². The monoisotopic (exact) mass is 278 g/mol.